The number of nitrogens with one attached hydrogen (secondary N) is 1. The van der Waals surface area contributed by atoms with Crippen LogP contribution >= 0.6 is 31.9 Å². The van der Waals surface area contributed by atoms with Gasteiger partial charge in [0.1, 0.15) is 0 Å². The molecule has 0 fully saturated rings. The molecule has 0 bridgehead atoms. The molecule has 41 heavy (non-hydrogen) atoms. The van der Waals surface area contributed by atoms with Crippen molar-refractivity contribution in [2.45, 2.75) is 116 Å². The largest absolute Gasteiger partial charge is 0.500 e. The number of carboxylic acid groups (broad SMARTS) is 1. The lowest BCUT2D eigenvalue weighted by Gasteiger charge is -2.28. The molecule has 0 aromatic heterocycles. The van der Waals surface area contributed by atoms with Crippen LogP contribution in [0.3, 0.4) is 0 Å². The van der Waals surface area contributed by atoms with Gasteiger partial charge in [-0.2, -0.15) is 0 Å². The minimum Gasteiger partial charge on any atom is -0.481 e. The predicted molar refractivity (Wildman–Crippen MR) is 179 cm³/mol. The highest BCUT2D eigenvalue weighted by atomic mass is 79.9. The van der Waals surface area contributed by atoms with Gasteiger partial charge in [-0.1, -0.05) is 83.4 Å². The van der Waals surface area contributed by atoms with Crippen LogP contribution in [0.4, 0.5) is 0 Å². The van der Waals surface area contributed by atoms with E-state index in [4.69, 9.17) is 13.3 Å². The number of allylic oxidation sites excluding steroid dienone is 4. The molecule has 0 aliphatic heterocycles. The highest BCUT2D eigenvalue weighted by Crippen LogP contribution is 2.30. The zero-order valence-corrected chi connectivity index (χ0v) is 30.7. The molecular formula is C31H57Br2NO6Si. The SMILES string of the molecule is C/C=C/C(CCC(Br)C(Br)CC/C=C/CC(C)(C)CC)C(CC(=O)NCCC[Si](OCC)(OCC)OCC)C(=O)O. The fraction of sp³-hybridized carbons (Fsp3) is 0.806. The molecule has 0 spiro atoms. The fourth-order valence-corrected chi connectivity index (χ4v) is 8.21. The minimum absolute atomic E-state index is 0.0567. The molecule has 0 saturated carbocycles. The highest BCUT2D eigenvalue weighted by Gasteiger charge is 2.39. The van der Waals surface area contributed by atoms with E-state index in [0.717, 1.165) is 32.1 Å². The van der Waals surface area contributed by atoms with Crippen LogP contribution in [0.25, 0.3) is 0 Å². The average molecular weight is 728 g/mol. The van der Waals surface area contributed by atoms with Gasteiger partial charge in [0.15, 0.2) is 0 Å². The molecule has 0 aromatic carbocycles. The van der Waals surface area contributed by atoms with E-state index in [1.54, 1.807) is 0 Å². The molecule has 4 atom stereocenters. The Labute approximate surface area is 268 Å². The number of carbonyl (C=O) groups is 2. The summed E-state index contributed by atoms with van der Waals surface area (Å²) in [5, 5.41) is 12.9. The summed E-state index contributed by atoms with van der Waals surface area (Å²) in [6.45, 7) is 16.4. The molecule has 1 amide bonds. The molecule has 7 nitrogen and oxygen atoms in total. The minimum atomic E-state index is -2.77. The third-order valence-corrected chi connectivity index (χ3v) is 13.4. The Morgan fingerprint density at radius 1 is 0.951 bits per heavy atom. The van der Waals surface area contributed by atoms with Crippen molar-refractivity contribution in [2.75, 3.05) is 26.4 Å². The van der Waals surface area contributed by atoms with Crippen LogP contribution in [0.2, 0.25) is 6.04 Å². The number of hydrogen-bond acceptors (Lipinski definition) is 5. The molecule has 0 aliphatic carbocycles. The average Bonchev–Trinajstić information content (AvgIpc) is 2.92. The van der Waals surface area contributed by atoms with E-state index in [-0.39, 0.29) is 27.9 Å². The van der Waals surface area contributed by atoms with Gasteiger partial charge in [0.2, 0.25) is 5.91 Å². The van der Waals surface area contributed by atoms with Crippen molar-refractivity contribution in [3.05, 3.63) is 24.3 Å². The van der Waals surface area contributed by atoms with E-state index in [0.29, 0.717) is 50.7 Å². The van der Waals surface area contributed by atoms with Gasteiger partial charge in [-0.15, -0.1) is 0 Å². The molecule has 4 unspecified atom stereocenters. The third kappa shape index (κ3) is 18.0. The first-order chi connectivity index (χ1) is 19.4. The van der Waals surface area contributed by atoms with Crippen molar-refractivity contribution in [1.29, 1.82) is 0 Å². The summed E-state index contributed by atoms with van der Waals surface area (Å²) in [5.41, 5.74) is 0.339. The number of amides is 1. The molecule has 0 rings (SSSR count). The normalized spacial score (nSPS) is 15.7. The fourth-order valence-electron chi connectivity index (χ4n) is 4.54. The van der Waals surface area contributed by atoms with Crippen LogP contribution in [0.1, 0.15) is 99.8 Å². The molecule has 0 saturated heterocycles. The summed E-state index contributed by atoms with van der Waals surface area (Å²) in [6, 6.07) is 0.596. The first-order valence-electron chi connectivity index (χ1n) is 15.4. The van der Waals surface area contributed by atoms with Gasteiger partial charge in [0.25, 0.3) is 0 Å². The van der Waals surface area contributed by atoms with Gasteiger partial charge in [-0.05, 0) is 77.6 Å². The van der Waals surface area contributed by atoms with Crippen molar-refractivity contribution < 1.29 is 28.0 Å². The van der Waals surface area contributed by atoms with Crippen LogP contribution < -0.4 is 5.32 Å². The summed E-state index contributed by atoms with van der Waals surface area (Å²) in [4.78, 5) is 25.5. The van der Waals surface area contributed by atoms with Crippen LogP contribution in [-0.4, -0.2) is 61.8 Å². The van der Waals surface area contributed by atoms with Crippen LogP contribution in [-0.2, 0) is 22.9 Å². The maximum Gasteiger partial charge on any atom is 0.500 e. The molecule has 0 radical (unpaired) electrons. The van der Waals surface area contributed by atoms with Crippen molar-refractivity contribution >= 4 is 52.5 Å². The maximum absolute atomic E-state index is 12.8. The summed E-state index contributed by atoms with van der Waals surface area (Å²) in [6.07, 6.45) is 14.7. The Balaban J connectivity index is 4.90. The lowest BCUT2D eigenvalue weighted by Crippen LogP contribution is -2.46. The summed E-state index contributed by atoms with van der Waals surface area (Å²) >= 11 is 7.63. The highest BCUT2D eigenvalue weighted by molar-refractivity contribution is 9.12. The van der Waals surface area contributed by atoms with E-state index in [1.165, 1.54) is 0 Å². The van der Waals surface area contributed by atoms with Gasteiger partial charge in [0, 0.05) is 48.5 Å². The molecular weight excluding hydrogens is 670 g/mol. The summed E-state index contributed by atoms with van der Waals surface area (Å²) in [5.74, 6) is -2.21. The standard InChI is InChI=1S/C31H57Br2NO6Si/c1-8-17-25(19-20-28(33)27(32)18-14-13-15-21-31(6,7)9-2)26(30(36)37)24-29(35)34-22-16-23-41(38-10-3,39-11-4)40-12-5/h8,13,15,17,25-28H,9-12,14,16,18-24H2,1-7H3,(H,34,35)(H,36,37)/b15-13+,17-8+. The molecule has 0 aromatic rings. The van der Waals surface area contributed by atoms with Crippen molar-refractivity contribution in [3.8, 4) is 0 Å². The topological polar surface area (TPSA) is 94.1 Å². The number of rotatable bonds is 25. The monoisotopic (exact) mass is 725 g/mol. The van der Waals surface area contributed by atoms with Gasteiger partial charge in [-0.25, -0.2) is 0 Å². The second kappa shape index (κ2) is 22.9. The van der Waals surface area contributed by atoms with E-state index in [1.807, 2.05) is 39.8 Å². The number of alkyl halides is 2. The van der Waals surface area contributed by atoms with Crippen LogP contribution in [0.15, 0.2) is 24.3 Å². The van der Waals surface area contributed by atoms with E-state index in [2.05, 4.69) is 70.1 Å². The smallest absolute Gasteiger partial charge is 0.481 e. The van der Waals surface area contributed by atoms with E-state index in [9.17, 15) is 14.7 Å². The molecule has 2 N–H and O–H groups in total. The molecule has 240 valence electrons. The van der Waals surface area contributed by atoms with Gasteiger partial charge < -0.3 is 23.7 Å². The van der Waals surface area contributed by atoms with Gasteiger partial charge in [-0.3, -0.25) is 9.59 Å². The quantitative estimate of drug-likeness (QED) is 0.0426. The maximum atomic E-state index is 12.8. The number of hydrogen-bond donors (Lipinski definition) is 2. The predicted octanol–water partition coefficient (Wildman–Crippen LogP) is 8.29. The Kier molecular flexibility index (Phi) is 22.6. The molecule has 0 aliphatic rings. The van der Waals surface area contributed by atoms with Crippen LogP contribution in [0.5, 0.6) is 0 Å². The zero-order chi connectivity index (χ0) is 31.3. The second-order valence-electron chi connectivity index (χ2n) is 11.2. The van der Waals surface area contributed by atoms with Crippen molar-refractivity contribution in [1.82, 2.24) is 5.32 Å². The first kappa shape index (κ1) is 40.5. The van der Waals surface area contributed by atoms with Crippen LogP contribution in [0, 0.1) is 17.3 Å². The third-order valence-electron chi connectivity index (χ3n) is 7.33. The lowest BCUT2D eigenvalue weighted by atomic mass is 9.84. The first-order valence-corrected chi connectivity index (χ1v) is 19.1. The Hall–Kier alpha value is -0.523. The van der Waals surface area contributed by atoms with Crippen molar-refractivity contribution in [2.24, 2.45) is 17.3 Å². The molecule has 10 heteroatoms. The van der Waals surface area contributed by atoms with Gasteiger partial charge >= 0.3 is 14.8 Å². The van der Waals surface area contributed by atoms with Crippen molar-refractivity contribution in [3.63, 3.8) is 0 Å². The van der Waals surface area contributed by atoms with E-state index < -0.39 is 20.7 Å². The lowest BCUT2D eigenvalue weighted by molar-refractivity contribution is -0.145. The number of halogens is 2. The second-order valence-corrected chi connectivity index (χ2v) is 16.2. The van der Waals surface area contributed by atoms with Gasteiger partial charge in [0.05, 0.1) is 5.92 Å². The zero-order valence-electron chi connectivity index (χ0n) is 26.6. The number of carbonyl (C=O) groups excluding carboxylic acids is 1. The number of carboxylic acids is 1. The molecule has 0 heterocycles. The van der Waals surface area contributed by atoms with E-state index >= 15 is 0 Å². The number of aliphatic carboxylic acids is 1. The summed E-state index contributed by atoms with van der Waals surface area (Å²) in [7, 11) is -2.77. The summed E-state index contributed by atoms with van der Waals surface area (Å²) < 4.78 is 17.6. The Morgan fingerprint density at radius 2 is 1.54 bits per heavy atom. The Bertz CT molecular complexity index is 763. The Morgan fingerprint density at radius 3 is 2.05 bits per heavy atom.